The van der Waals surface area contributed by atoms with Crippen LogP contribution >= 0.6 is 0 Å². The standard InChI is InChI=1S/C20H17NO3/c1-23-19-12-16(20(22)17-8-5-11-21-13-17)9-10-18(19)24-14-15-6-3-2-4-7-15/h2-13H,14H2,1H3. The molecule has 2 aromatic carbocycles. The van der Waals surface area contributed by atoms with E-state index in [1.54, 1.807) is 49.8 Å². The average Bonchev–Trinajstić information content (AvgIpc) is 2.67. The van der Waals surface area contributed by atoms with E-state index < -0.39 is 0 Å². The van der Waals surface area contributed by atoms with Crippen molar-refractivity contribution in [2.24, 2.45) is 0 Å². The zero-order chi connectivity index (χ0) is 16.8. The maximum atomic E-state index is 12.5. The summed E-state index contributed by atoms with van der Waals surface area (Å²) < 4.78 is 11.2. The van der Waals surface area contributed by atoms with Gasteiger partial charge in [-0.3, -0.25) is 9.78 Å². The number of methoxy groups -OCH3 is 1. The fourth-order valence-corrected chi connectivity index (χ4v) is 2.33. The second-order valence-electron chi connectivity index (χ2n) is 5.21. The lowest BCUT2D eigenvalue weighted by molar-refractivity contribution is 0.103. The highest BCUT2D eigenvalue weighted by molar-refractivity contribution is 6.09. The largest absolute Gasteiger partial charge is 0.493 e. The summed E-state index contributed by atoms with van der Waals surface area (Å²) in [6.07, 6.45) is 3.19. The first-order valence-corrected chi connectivity index (χ1v) is 7.57. The van der Waals surface area contributed by atoms with E-state index in [1.807, 2.05) is 30.3 Å². The van der Waals surface area contributed by atoms with Crippen LogP contribution in [0.15, 0.2) is 73.1 Å². The van der Waals surface area contributed by atoms with Gasteiger partial charge in [-0.1, -0.05) is 30.3 Å². The van der Waals surface area contributed by atoms with Gasteiger partial charge in [-0.15, -0.1) is 0 Å². The second kappa shape index (κ2) is 7.42. The summed E-state index contributed by atoms with van der Waals surface area (Å²) in [5.74, 6) is 1.03. The smallest absolute Gasteiger partial charge is 0.194 e. The quantitative estimate of drug-likeness (QED) is 0.647. The molecule has 0 fully saturated rings. The summed E-state index contributed by atoms with van der Waals surface area (Å²) in [6, 6.07) is 18.5. The molecule has 0 saturated heterocycles. The third-order valence-corrected chi connectivity index (χ3v) is 3.59. The number of nitrogens with zero attached hydrogens (tertiary/aromatic N) is 1. The van der Waals surface area contributed by atoms with E-state index in [9.17, 15) is 4.79 Å². The molecule has 4 heteroatoms. The van der Waals surface area contributed by atoms with Crippen LogP contribution in [0.4, 0.5) is 0 Å². The van der Waals surface area contributed by atoms with Crippen molar-refractivity contribution in [1.29, 1.82) is 0 Å². The zero-order valence-electron chi connectivity index (χ0n) is 13.3. The van der Waals surface area contributed by atoms with E-state index >= 15 is 0 Å². The highest BCUT2D eigenvalue weighted by Gasteiger charge is 2.13. The molecule has 0 atom stereocenters. The first kappa shape index (κ1) is 15.7. The minimum absolute atomic E-state index is 0.101. The molecule has 0 spiro atoms. The van der Waals surface area contributed by atoms with Crippen molar-refractivity contribution in [2.75, 3.05) is 7.11 Å². The molecule has 3 rings (SSSR count). The van der Waals surface area contributed by atoms with Gasteiger partial charge >= 0.3 is 0 Å². The van der Waals surface area contributed by atoms with Crippen molar-refractivity contribution in [3.05, 3.63) is 89.7 Å². The van der Waals surface area contributed by atoms with Crippen LogP contribution in [0.3, 0.4) is 0 Å². The van der Waals surface area contributed by atoms with Gasteiger partial charge in [0.25, 0.3) is 0 Å². The molecule has 0 radical (unpaired) electrons. The van der Waals surface area contributed by atoms with Crippen LogP contribution < -0.4 is 9.47 Å². The lowest BCUT2D eigenvalue weighted by Gasteiger charge is -2.12. The van der Waals surface area contributed by atoms with Crippen molar-refractivity contribution >= 4 is 5.78 Å². The van der Waals surface area contributed by atoms with Crippen LogP contribution in [0.2, 0.25) is 0 Å². The van der Waals surface area contributed by atoms with Crippen LogP contribution in [0, 0.1) is 0 Å². The number of ether oxygens (including phenoxy) is 2. The van der Waals surface area contributed by atoms with Crippen molar-refractivity contribution in [3.63, 3.8) is 0 Å². The lowest BCUT2D eigenvalue weighted by atomic mass is 10.0. The number of ketones is 1. The number of carbonyl (C=O) groups excluding carboxylic acids is 1. The molecule has 3 aromatic rings. The van der Waals surface area contributed by atoms with Gasteiger partial charge in [-0.05, 0) is 35.9 Å². The van der Waals surface area contributed by atoms with Gasteiger partial charge in [0.1, 0.15) is 6.61 Å². The summed E-state index contributed by atoms with van der Waals surface area (Å²) >= 11 is 0. The summed E-state index contributed by atoms with van der Waals surface area (Å²) in [6.45, 7) is 0.438. The number of hydrogen-bond donors (Lipinski definition) is 0. The van der Waals surface area contributed by atoms with Crippen LogP contribution in [-0.2, 0) is 6.61 Å². The Bertz CT molecular complexity index is 817. The van der Waals surface area contributed by atoms with E-state index in [4.69, 9.17) is 9.47 Å². The third kappa shape index (κ3) is 3.60. The summed E-state index contributed by atoms with van der Waals surface area (Å²) in [5.41, 5.74) is 2.14. The molecule has 0 amide bonds. The van der Waals surface area contributed by atoms with Gasteiger partial charge in [0.05, 0.1) is 7.11 Å². The normalized spacial score (nSPS) is 10.2. The molecule has 120 valence electrons. The van der Waals surface area contributed by atoms with E-state index in [1.165, 1.54) is 0 Å². The Kier molecular flexibility index (Phi) is 4.87. The molecule has 1 heterocycles. The van der Waals surface area contributed by atoms with Gasteiger partial charge in [-0.2, -0.15) is 0 Å². The summed E-state index contributed by atoms with van der Waals surface area (Å²) in [5, 5.41) is 0. The number of rotatable bonds is 6. The molecule has 0 aliphatic rings. The maximum Gasteiger partial charge on any atom is 0.194 e. The first-order valence-electron chi connectivity index (χ1n) is 7.57. The number of benzene rings is 2. The lowest BCUT2D eigenvalue weighted by Crippen LogP contribution is -2.03. The van der Waals surface area contributed by atoms with Crippen LogP contribution in [0.1, 0.15) is 21.5 Å². The Morgan fingerprint density at radius 2 is 1.79 bits per heavy atom. The molecular weight excluding hydrogens is 302 g/mol. The number of aromatic nitrogens is 1. The molecule has 4 nitrogen and oxygen atoms in total. The Labute approximate surface area is 140 Å². The highest BCUT2D eigenvalue weighted by Crippen LogP contribution is 2.29. The molecule has 0 aliphatic heterocycles. The molecule has 0 N–H and O–H groups in total. The molecular formula is C20H17NO3. The molecule has 0 saturated carbocycles. The van der Waals surface area contributed by atoms with Gasteiger partial charge in [0, 0.05) is 23.5 Å². The van der Waals surface area contributed by atoms with E-state index in [0.29, 0.717) is 29.2 Å². The first-order chi connectivity index (χ1) is 11.8. The number of hydrogen-bond acceptors (Lipinski definition) is 4. The predicted molar refractivity (Wildman–Crippen MR) is 91.4 cm³/mol. The van der Waals surface area contributed by atoms with Crippen molar-refractivity contribution < 1.29 is 14.3 Å². The van der Waals surface area contributed by atoms with Crippen LogP contribution in [0.5, 0.6) is 11.5 Å². The molecule has 0 bridgehead atoms. The van der Waals surface area contributed by atoms with Crippen LogP contribution in [0.25, 0.3) is 0 Å². The van der Waals surface area contributed by atoms with E-state index in [-0.39, 0.29) is 5.78 Å². The Balaban J connectivity index is 1.79. The fraction of sp³-hybridized carbons (Fsp3) is 0.100. The van der Waals surface area contributed by atoms with Crippen molar-refractivity contribution in [3.8, 4) is 11.5 Å². The summed E-state index contributed by atoms with van der Waals surface area (Å²) in [7, 11) is 1.56. The zero-order valence-corrected chi connectivity index (χ0v) is 13.3. The maximum absolute atomic E-state index is 12.5. The molecule has 24 heavy (non-hydrogen) atoms. The van der Waals surface area contributed by atoms with Gasteiger partial charge in [0.15, 0.2) is 17.3 Å². The minimum Gasteiger partial charge on any atom is -0.493 e. The molecule has 0 aliphatic carbocycles. The molecule has 1 aromatic heterocycles. The number of carbonyl (C=O) groups is 1. The summed E-state index contributed by atoms with van der Waals surface area (Å²) in [4.78, 5) is 16.4. The minimum atomic E-state index is -0.101. The third-order valence-electron chi connectivity index (χ3n) is 3.59. The Morgan fingerprint density at radius 1 is 0.958 bits per heavy atom. The van der Waals surface area contributed by atoms with Crippen molar-refractivity contribution in [2.45, 2.75) is 6.61 Å². The van der Waals surface area contributed by atoms with Crippen molar-refractivity contribution in [1.82, 2.24) is 4.98 Å². The van der Waals surface area contributed by atoms with Crippen LogP contribution in [-0.4, -0.2) is 17.9 Å². The SMILES string of the molecule is COc1cc(C(=O)c2cccnc2)ccc1OCc1ccccc1. The molecule has 0 unspecified atom stereocenters. The van der Waals surface area contributed by atoms with Gasteiger partial charge < -0.3 is 9.47 Å². The van der Waals surface area contributed by atoms with E-state index in [2.05, 4.69) is 4.98 Å². The highest BCUT2D eigenvalue weighted by atomic mass is 16.5. The second-order valence-corrected chi connectivity index (χ2v) is 5.21. The van der Waals surface area contributed by atoms with Gasteiger partial charge in [0.2, 0.25) is 0 Å². The Hall–Kier alpha value is -3.14. The number of pyridine rings is 1. The van der Waals surface area contributed by atoms with Gasteiger partial charge in [-0.25, -0.2) is 0 Å². The predicted octanol–water partition coefficient (Wildman–Crippen LogP) is 3.90. The fourth-order valence-electron chi connectivity index (χ4n) is 2.33. The topological polar surface area (TPSA) is 48.4 Å². The van der Waals surface area contributed by atoms with E-state index in [0.717, 1.165) is 5.56 Å². The Morgan fingerprint density at radius 3 is 2.50 bits per heavy atom. The average molecular weight is 319 g/mol. The monoisotopic (exact) mass is 319 g/mol.